The lowest BCUT2D eigenvalue weighted by Crippen LogP contribution is -1.88. The molecule has 1 N–H and O–H groups in total. The van der Waals surface area contributed by atoms with Crippen molar-refractivity contribution in [3.8, 4) is 17.1 Å². The number of benzene rings is 1. The van der Waals surface area contributed by atoms with Gasteiger partial charge >= 0.3 is 0 Å². The fourth-order valence-electron chi connectivity index (χ4n) is 2.67. The van der Waals surface area contributed by atoms with Crippen LogP contribution in [0.5, 0.6) is 5.75 Å². The zero-order valence-electron chi connectivity index (χ0n) is 13.4. The van der Waals surface area contributed by atoms with Crippen molar-refractivity contribution in [3.63, 3.8) is 0 Å². The molecule has 24 heavy (non-hydrogen) atoms. The fourth-order valence-corrected chi connectivity index (χ4v) is 3.43. The molecule has 0 amide bonds. The van der Waals surface area contributed by atoms with Crippen LogP contribution in [0, 0.1) is 6.92 Å². The Kier molecular flexibility index (Phi) is 3.74. The van der Waals surface area contributed by atoms with Crippen LogP contribution in [0.4, 0.5) is 0 Å². The first-order chi connectivity index (χ1) is 11.7. The number of aromatic amines is 1. The maximum Gasteiger partial charge on any atom is 0.170 e. The quantitative estimate of drug-likeness (QED) is 0.607. The molecule has 0 saturated heterocycles. The first-order valence-electron chi connectivity index (χ1n) is 7.55. The molecule has 0 bridgehead atoms. The van der Waals surface area contributed by atoms with Crippen molar-refractivity contribution in [1.82, 2.24) is 19.4 Å². The molecule has 3 heterocycles. The Balaban J connectivity index is 1.65. The Morgan fingerprint density at radius 2 is 1.96 bits per heavy atom. The first kappa shape index (κ1) is 14.8. The van der Waals surface area contributed by atoms with Gasteiger partial charge in [-0.1, -0.05) is 17.8 Å². The molecule has 0 spiro atoms. The van der Waals surface area contributed by atoms with Gasteiger partial charge in [0.05, 0.1) is 30.4 Å². The minimum absolute atomic E-state index is 0.848. The van der Waals surface area contributed by atoms with Gasteiger partial charge in [0.15, 0.2) is 5.16 Å². The van der Waals surface area contributed by atoms with Gasteiger partial charge in [0.2, 0.25) is 0 Å². The topological polar surface area (TPSA) is 55.2 Å². The Bertz CT molecular complexity index is 988. The predicted octanol–water partition coefficient (Wildman–Crippen LogP) is 4.19. The summed E-state index contributed by atoms with van der Waals surface area (Å²) < 4.78 is 7.26. The minimum atomic E-state index is 0.848. The SMILES string of the molecule is COc1ccc(Sc2ncc(-c3c(C)nc4ccccn34)[nH]2)cc1. The van der Waals surface area contributed by atoms with Crippen molar-refractivity contribution in [2.45, 2.75) is 17.0 Å². The molecule has 0 unspecified atom stereocenters. The van der Waals surface area contributed by atoms with Gasteiger partial charge in [0.25, 0.3) is 0 Å². The second-order valence-electron chi connectivity index (χ2n) is 5.35. The summed E-state index contributed by atoms with van der Waals surface area (Å²) in [7, 11) is 1.67. The number of nitrogens with zero attached hydrogens (tertiary/aromatic N) is 3. The van der Waals surface area contributed by atoms with Crippen LogP contribution in [-0.4, -0.2) is 26.5 Å². The van der Waals surface area contributed by atoms with Crippen molar-refractivity contribution < 1.29 is 4.74 Å². The van der Waals surface area contributed by atoms with E-state index in [0.717, 1.165) is 38.5 Å². The van der Waals surface area contributed by atoms with Gasteiger partial charge in [-0.3, -0.25) is 4.40 Å². The van der Waals surface area contributed by atoms with Crippen LogP contribution < -0.4 is 4.74 Å². The highest BCUT2D eigenvalue weighted by molar-refractivity contribution is 7.99. The maximum atomic E-state index is 5.18. The summed E-state index contributed by atoms with van der Waals surface area (Å²) >= 11 is 1.58. The molecule has 0 radical (unpaired) electrons. The van der Waals surface area contributed by atoms with Crippen molar-refractivity contribution in [3.05, 3.63) is 60.6 Å². The number of H-pyrrole nitrogens is 1. The van der Waals surface area contributed by atoms with E-state index in [-0.39, 0.29) is 0 Å². The highest BCUT2D eigenvalue weighted by Gasteiger charge is 2.13. The Morgan fingerprint density at radius 3 is 2.75 bits per heavy atom. The van der Waals surface area contributed by atoms with Crippen molar-refractivity contribution >= 4 is 17.4 Å². The van der Waals surface area contributed by atoms with Crippen molar-refractivity contribution in [2.75, 3.05) is 7.11 Å². The van der Waals surface area contributed by atoms with Crippen LogP contribution in [0.15, 0.2) is 64.9 Å². The van der Waals surface area contributed by atoms with Crippen LogP contribution in [-0.2, 0) is 0 Å². The zero-order valence-corrected chi connectivity index (χ0v) is 14.2. The number of pyridine rings is 1. The molecule has 0 saturated carbocycles. The zero-order chi connectivity index (χ0) is 16.5. The summed E-state index contributed by atoms with van der Waals surface area (Å²) in [6.45, 7) is 2.01. The Hall–Kier alpha value is -2.73. The molecule has 6 heteroatoms. The average molecular weight is 336 g/mol. The minimum Gasteiger partial charge on any atom is -0.497 e. The van der Waals surface area contributed by atoms with E-state index in [1.807, 2.05) is 61.8 Å². The standard InChI is InChI=1S/C18H16N4OS/c1-12-17(22-10-4-3-5-16(22)20-12)15-11-19-18(21-15)24-14-8-6-13(23-2)7-9-14/h3-11H,1-2H3,(H,19,21). The summed E-state index contributed by atoms with van der Waals surface area (Å²) in [5.74, 6) is 0.848. The number of rotatable bonds is 4. The third-order valence-corrected chi connectivity index (χ3v) is 4.69. The van der Waals surface area contributed by atoms with Crippen LogP contribution in [0.3, 0.4) is 0 Å². The monoisotopic (exact) mass is 336 g/mol. The molecule has 4 rings (SSSR count). The average Bonchev–Trinajstić information content (AvgIpc) is 3.18. The molecule has 0 aliphatic carbocycles. The van der Waals surface area contributed by atoms with Crippen LogP contribution >= 0.6 is 11.8 Å². The van der Waals surface area contributed by atoms with Gasteiger partial charge in [-0.05, 0) is 43.3 Å². The predicted molar refractivity (Wildman–Crippen MR) is 94.6 cm³/mol. The number of ether oxygens (including phenoxy) is 1. The highest BCUT2D eigenvalue weighted by atomic mass is 32.2. The van der Waals surface area contributed by atoms with Crippen LogP contribution in [0.1, 0.15) is 5.69 Å². The molecule has 0 aliphatic rings. The number of aromatic nitrogens is 4. The third kappa shape index (κ3) is 2.65. The highest BCUT2D eigenvalue weighted by Crippen LogP contribution is 2.30. The van der Waals surface area contributed by atoms with Crippen molar-refractivity contribution in [2.24, 2.45) is 0 Å². The van der Waals surface area contributed by atoms with Gasteiger partial charge in [-0.15, -0.1) is 0 Å². The third-order valence-electron chi connectivity index (χ3n) is 3.79. The number of fused-ring (bicyclic) bond motifs is 1. The van der Waals surface area contributed by atoms with E-state index in [0.29, 0.717) is 0 Å². The number of methoxy groups -OCH3 is 1. The fraction of sp³-hybridized carbons (Fsp3) is 0.111. The number of nitrogens with one attached hydrogen (secondary N) is 1. The normalized spacial score (nSPS) is 11.1. The largest absolute Gasteiger partial charge is 0.497 e. The van der Waals surface area contributed by atoms with Gasteiger partial charge in [0.1, 0.15) is 11.4 Å². The van der Waals surface area contributed by atoms with E-state index in [1.54, 1.807) is 18.9 Å². The molecular formula is C18H16N4OS. The smallest absolute Gasteiger partial charge is 0.170 e. The molecule has 5 nitrogen and oxygen atoms in total. The van der Waals surface area contributed by atoms with E-state index >= 15 is 0 Å². The lowest BCUT2D eigenvalue weighted by molar-refractivity contribution is 0.414. The van der Waals surface area contributed by atoms with Gasteiger partial charge in [-0.25, -0.2) is 9.97 Å². The van der Waals surface area contributed by atoms with Gasteiger partial charge < -0.3 is 9.72 Å². The summed E-state index contributed by atoms with van der Waals surface area (Å²) in [6.07, 6.45) is 3.87. The Morgan fingerprint density at radius 1 is 1.12 bits per heavy atom. The van der Waals surface area contributed by atoms with E-state index < -0.39 is 0 Å². The van der Waals surface area contributed by atoms with E-state index in [4.69, 9.17) is 4.74 Å². The summed E-state index contributed by atoms with van der Waals surface area (Å²) in [4.78, 5) is 13.6. The molecule has 0 aliphatic heterocycles. The summed E-state index contributed by atoms with van der Waals surface area (Å²) in [6, 6.07) is 13.9. The van der Waals surface area contributed by atoms with E-state index in [1.165, 1.54) is 0 Å². The number of hydrogen-bond acceptors (Lipinski definition) is 4. The lowest BCUT2D eigenvalue weighted by atomic mass is 10.3. The molecule has 0 atom stereocenters. The summed E-state index contributed by atoms with van der Waals surface area (Å²) in [5.41, 5.74) is 3.91. The molecule has 3 aromatic heterocycles. The first-order valence-corrected chi connectivity index (χ1v) is 8.37. The number of hydrogen-bond donors (Lipinski definition) is 1. The van der Waals surface area contributed by atoms with Crippen LogP contribution in [0.2, 0.25) is 0 Å². The summed E-state index contributed by atoms with van der Waals surface area (Å²) in [5, 5.41) is 0.848. The maximum absolute atomic E-state index is 5.18. The molecule has 120 valence electrons. The molecule has 1 aromatic carbocycles. The second-order valence-corrected chi connectivity index (χ2v) is 6.42. The lowest BCUT2D eigenvalue weighted by Gasteiger charge is -2.02. The van der Waals surface area contributed by atoms with E-state index in [9.17, 15) is 0 Å². The molecular weight excluding hydrogens is 320 g/mol. The van der Waals surface area contributed by atoms with E-state index in [2.05, 4.69) is 19.4 Å². The number of aryl methyl sites for hydroxylation is 1. The van der Waals surface area contributed by atoms with Crippen molar-refractivity contribution in [1.29, 1.82) is 0 Å². The van der Waals surface area contributed by atoms with Gasteiger partial charge in [0, 0.05) is 11.1 Å². The van der Waals surface area contributed by atoms with Gasteiger partial charge in [-0.2, -0.15) is 0 Å². The van der Waals surface area contributed by atoms with Crippen LogP contribution in [0.25, 0.3) is 17.0 Å². The molecule has 4 aromatic rings. The number of imidazole rings is 2. The molecule has 0 fully saturated rings. The second kappa shape index (κ2) is 6.05. The Labute approximate surface area is 143 Å².